The fourth-order valence-corrected chi connectivity index (χ4v) is 3.30. The van der Waals surface area contributed by atoms with Gasteiger partial charge in [-0.05, 0) is 26.7 Å². The Balaban J connectivity index is 3.21. The third-order valence-corrected chi connectivity index (χ3v) is 4.90. The fourth-order valence-electron chi connectivity index (χ4n) is 1.13. The molecule has 0 saturated carbocycles. The smallest absolute Gasteiger partial charge is 0.236 e. The summed E-state index contributed by atoms with van der Waals surface area (Å²) in [5.74, 6) is 1.76. The molecule has 0 aromatic rings. The SMILES string of the molecule is CC(N)C(=O)NCCCSSCCCNC(=O)C(C)N. The topological polar surface area (TPSA) is 110 Å². The van der Waals surface area contributed by atoms with Gasteiger partial charge in [-0.2, -0.15) is 0 Å². The summed E-state index contributed by atoms with van der Waals surface area (Å²) in [6.45, 7) is 4.67. The van der Waals surface area contributed by atoms with Gasteiger partial charge in [0, 0.05) is 24.6 Å². The van der Waals surface area contributed by atoms with E-state index in [4.69, 9.17) is 11.5 Å². The van der Waals surface area contributed by atoms with Gasteiger partial charge in [-0.15, -0.1) is 0 Å². The van der Waals surface area contributed by atoms with Crippen LogP contribution >= 0.6 is 21.6 Å². The van der Waals surface area contributed by atoms with Crippen molar-refractivity contribution in [2.75, 3.05) is 24.6 Å². The zero-order chi connectivity index (χ0) is 15.4. The molecule has 0 aromatic carbocycles. The van der Waals surface area contributed by atoms with Crippen LogP contribution in [0.15, 0.2) is 0 Å². The van der Waals surface area contributed by atoms with E-state index in [1.54, 1.807) is 35.4 Å². The average molecular weight is 323 g/mol. The number of carbonyl (C=O) groups is 2. The zero-order valence-corrected chi connectivity index (χ0v) is 13.8. The van der Waals surface area contributed by atoms with Gasteiger partial charge in [0.2, 0.25) is 11.8 Å². The third-order valence-electron chi connectivity index (χ3n) is 2.32. The van der Waals surface area contributed by atoms with Gasteiger partial charge in [0.1, 0.15) is 0 Å². The molecule has 0 rings (SSSR count). The highest BCUT2D eigenvalue weighted by molar-refractivity contribution is 8.76. The highest BCUT2D eigenvalue weighted by Gasteiger charge is 2.06. The highest BCUT2D eigenvalue weighted by Crippen LogP contribution is 2.22. The van der Waals surface area contributed by atoms with E-state index >= 15 is 0 Å². The van der Waals surface area contributed by atoms with Gasteiger partial charge >= 0.3 is 0 Å². The van der Waals surface area contributed by atoms with Crippen molar-refractivity contribution in [2.24, 2.45) is 11.5 Å². The van der Waals surface area contributed by atoms with Crippen LogP contribution in [0.5, 0.6) is 0 Å². The van der Waals surface area contributed by atoms with E-state index in [0.29, 0.717) is 13.1 Å². The fraction of sp³-hybridized carbons (Fsp3) is 0.833. The van der Waals surface area contributed by atoms with E-state index in [1.165, 1.54) is 0 Å². The maximum absolute atomic E-state index is 11.2. The average Bonchev–Trinajstić information content (AvgIpc) is 2.39. The van der Waals surface area contributed by atoms with Crippen LogP contribution in [0.1, 0.15) is 26.7 Å². The second kappa shape index (κ2) is 12.3. The van der Waals surface area contributed by atoms with Crippen LogP contribution < -0.4 is 22.1 Å². The van der Waals surface area contributed by atoms with Gasteiger partial charge < -0.3 is 22.1 Å². The van der Waals surface area contributed by atoms with Gasteiger partial charge in [0.05, 0.1) is 12.1 Å². The van der Waals surface area contributed by atoms with E-state index in [-0.39, 0.29) is 11.8 Å². The molecule has 6 nitrogen and oxygen atoms in total. The van der Waals surface area contributed by atoms with Crippen molar-refractivity contribution in [1.82, 2.24) is 10.6 Å². The molecule has 2 atom stereocenters. The second-order valence-electron chi connectivity index (χ2n) is 4.51. The lowest BCUT2D eigenvalue weighted by Gasteiger charge is -2.08. The van der Waals surface area contributed by atoms with Crippen LogP contribution in [0.4, 0.5) is 0 Å². The first kappa shape index (κ1) is 19.6. The Morgan fingerprint density at radius 3 is 1.55 bits per heavy atom. The Kier molecular flexibility index (Phi) is 12.0. The van der Waals surface area contributed by atoms with E-state index in [9.17, 15) is 9.59 Å². The lowest BCUT2D eigenvalue weighted by Crippen LogP contribution is -2.38. The van der Waals surface area contributed by atoms with E-state index in [0.717, 1.165) is 24.3 Å². The molecule has 0 aliphatic rings. The maximum Gasteiger partial charge on any atom is 0.236 e. The molecule has 0 spiro atoms. The monoisotopic (exact) mass is 322 g/mol. The Morgan fingerprint density at radius 1 is 0.900 bits per heavy atom. The quantitative estimate of drug-likeness (QED) is 0.317. The van der Waals surface area contributed by atoms with Crippen LogP contribution in [0.25, 0.3) is 0 Å². The molecular formula is C12H26N4O2S2. The minimum atomic E-state index is -0.441. The summed E-state index contributed by atoms with van der Waals surface area (Å²) in [6.07, 6.45) is 1.86. The molecule has 6 N–H and O–H groups in total. The van der Waals surface area contributed by atoms with E-state index in [1.807, 2.05) is 0 Å². The molecule has 8 heteroatoms. The first-order chi connectivity index (χ1) is 9.45. The number of hydrogen-bond acceptors (Lipinski definition) is 6. The van der Waals surface area contributed by atoms with Crippen LogP contribution in [-0.4, -0.2) is 48.5 Å². The Hall–Kier alpha value is -0.440. The van der Waals surface area contributed by atoms with Crippen molar-refractivity contribution >= 4 is 33.4 Å². The molecule has 2 amide bonds. The number of nitrogens with one attached hydrogen (secondary N) is 2. The van der Waals surface area contributed by atoms with Crippen molar-refractivity contribution in [3.05, 3.63) is 0 Å². The Bertz CT molecular complexity index is 261. The third kappa shape index (κ3) is 11.4. The molecule has 0 aromatic heterocycles. The molecule has 118 valence electrons. The Labute approximate surface area is 129 Å². The van der Waals surface area contributed by atoms with Crippen molar-refractivity contribution in [3.8, 4) is 0 Å². The number of rotatable bonds is 11. The largest absolute Gasteiger partial charge is 0.355 e. The Morgan fingerprint density at radius 2 is 1.25 bits per heavy atom. The normalized spacial score (nSPS) is 13.6. The van der Waals surface area contributed by atoms with Gasteiger partial charge in [0.25, 0.3) is 0 Å². The van der Waals surface area contributed by atoms with Gasteiger partial charge in [-0.1, -0.05) is 21.6 Å². The van der Waals surface area contributed by atoms with Crippen molar-refractivity contribution in [1.29, 1.82) is 0 Å². The van der Waals surface area contributed by atoms with Crippen molar-refractivity contribution < 1.29 is 9.59 Å². The lowest BCUT2D eigenvalue weighted by atomic mass is 10.3. The molecule has 0 bridgehead atoms. The summed E-state index contributed by atoms with van der Waals surface area (Å²) in [5, 5.41) is 5.54. The predicted molar refractivity (Wildman–Crippen MR) is 87.5 cm³/mol. The van der Waals surface area contributed by atoms with Gasteiger partial charge in [-0.25, -0.2) is 0 Å². The van der Waals surface area contributed by atoms with Gasteiger partial charge in [-0.3, -0.25) is 9.59 Å². The van der Waals surface area contributed by atoms with Crippen LogP contribution in [0.3, 0.4) is 0 Å². The minimum absolute atomic E-state index is 0.104. The van der Waals surface area contributed by atoms with E-state index in [2.05, 4.69) is 10.6 Å². The number of hydrogen-bond donors (Lipinski definition) is 4. The number of carbonyl (C=O) groups excluding carboxylic acids is 2. The van der Waals surface area contributed by atoms with Crippen molar-refractivity contribution in [2.45, 2.75) is 38.8 Å². The second-order valence-corrected chi connectivity index (χ2v) is 7.21. The summed E-state index contributed by atoms with van der Waals surface area (Å²) in [5.41, 5.74) is 10.9. The highest BCUT2D eigenvalue weighted by atomic mass is 33.1. The maximum atomic E-state index is 11.2. The number of amides is 2. The van der Waals surface area contributed by atoms with Crippen LogP contribution in [0, 0.1) is 0 Å². The summed E-state index contributed by atoms with van der Waals surface area (Å²) in [7, 11) is 3.55. The lowest BCUT2D eigenvalue weighted by molar-refractivity contribution is -0.122. The van der Waals surface area contributed by atoms with Gasteiger partial charge in [0.15, 0.2) is 0 Å². The summed E-state index contributed by atoms with van der Waals surface area (Å²) in [4.78, 5) is 22.3. The zero-order valence-electron chi connectivity index (χ0n) is 12.2. The molecule has 2 unspecified atom stereocenters. The summed E-state index contributed by atoms with van der Waals surface area (Å²) < 4.78 is 0. The first-order valence-corrected chi connectivity index (χ1v) is 9.25. The van der Waals surface area contributed by atoms with Crippen molar-refractivity contribution in [3.63, 3.8) is 0 Å². The minimum Gasteiger partial charge on any atom is -0.355 e. The predicted octanol–water partition coefficient (Wildman–Crippen LogP) is 0.0748. The number of nitrogens with two attached hydrogens (primary N) is 2. The molecule has 0 heterocycles. The van der Waals surface area contributed by atoms with Crippen LogP contribution in [0.2, 0.25) is 0 Å². The molecule has 0 aliphatic carbocycles. The molecule has 0 fully saturated rings. The molecular weight excluding hydrogens is 296 g/mol. The summed E-state index contributed by atoms with van der Waals surface area (Å²) >= 11 is 0. The molecule has 0 radical (unpaired) electrons. The standard InChI is InChI=1S/C12H26N4O2S2/c1-9(13)11(17)15-5-3-7-19-20-8-4-6-16-12(18)10(2)14/h9-10H,3-8,13-14H2,1-2H3,(H,15,17)(H,16,18). The van der Waals surface area contributed by atoms with E-state index < -0.39 is 12.1 Å². The molecule has 0 saturated heterocycles. The first-order valence-electron chi connectivity index (χ1n) is 6.76. The molecule has 0 aliphatic heterocycles. The molecule has 20 heavy (non-hydrogen) atoms. The van der Waals surface area contributed by atoms with Crippen LogP contribution in [-0.2, 0) is 9.59 Å². The summed E-state index contributed by atoms with van der Waals surface area (Å²) in [6, 6.07) is -0.882.